The van der Waals surface area contributed by atoms with Crippen molar-refractivity contribution in [1.29, 1.82) is 0 Å². The average Bonchev–Trinajstić information content (AvgIpc) is 3.17. The highest BCUT2D eigenvalue weighted by atomic mass is 32.1. The number of nitrogens with one attached hydrogen (secondary N) is 1. The largest absolute Gasteiger partial charge is 0.340 e. The van der Waals surface area contributed by atoms with E-state index < -0.39 is 0 Å². The van der Waals surface area contributed by atoms with E-state index in [1.807, 2.05) is 32.1 Å². The SMILES string of the molecule is CNC(C(=O)N1CCCC(c2nc(C)cs2)C1)c1cnn(C)c1. The topological polar surface area (TPSA) is 63.1 Å². The summed E-state index contributed by atoms with van der Waals surface area (Å²) in [4.78, 5) is 19.5. The Hall–Kier alpha value is -1.73. The fourth-order valence-corrected chi connectivity index (χ4v) is 4.07. The molecular formula is C16H23N5OS. The Morgan fingerprint density at radius 1 is 1.52 bits per heavy atom. The van der Waals surface area contributed by atoms with Gasteiger partial charge in [-0.2, -0.15) is 5.10 Å². The number of carbonyl (C=O) groups is 1. The van der Waals surface area contributed by atoms with Gasteiger partial charge in [-0.15, -0.1) is 11.3 Å². The summed E-state index contributed by atoms with van der Waals surface area (Å²) in [5.41, 5.74) is 1.98. The molecule has 6 nitrogen and oxygen atoms in total. The Balaban J connectivity index is 1.73. The lowest BCUT2D eigenvalue weighted by molar-refractivity contribution is -0.134. The molecule has 1 aliphatic rings. The minimum atomic E-state index is -0.333. The maximum absolute atomic E-state index is 12.9. The summed E-state index contributed by atoms with van der Waals surface area (Å²) < 4.78 is 1.73. The summed E-state index contributed by atoms with van der Waals surface area (Å²) in [7, 11) is 3.68. The summed E-state index contributed by atoms with van der Waals surface area (Å²) in [6, 6.07) is -0.333. The van der Waals surface area contributed by atoms with Crippen LogP contribution in [-0.4, -0.2) is 45.7 Å². The molecule has 0 saturated carbocycles. The van der Waals surface area contributed by atoms with Crippen LogP contribution in [0.2, 0.25) is 0 Å². The minimum Gasteiger partial charge on any atom is -0.340 e. The van der Waals surface area contributed by atoms with Crippen LogP contribution in [0.15, 0.2) is 17.8 Å². The highest BCUT2D eigenvalue weighted by molar-refractivity contribution is 7.09. The molecule has 1 aliphatic heterocycles. The second-order valence-corrected chi connectivity index (χ2v) is 7.01. The Morgan fingerprint density at radius 3 is 2.96 bits per heavy atom. The van der Waals surface area contributed by atoms with Crippen LogP contribution < -0.4 is 5.32 Å². The van der Waals surface area contributed by atoms with Crippen LogP contribution in [0, 0.1) is 6.92 Å². The van der Waals surface area contributed by atoms with Crippen LogP contribution in [0.1, 0.15) is 41.1 Å². The molecule has 0 bridgehead atoms. The second-order valence-electron chi connectivity index (χ2n) is 6.12. The molecule has 2 aromatic rings. The normalized spacial score (nSPS) is 19.8. The third-order valence-corrected chi connectivity index (χ3v) is 5.44. The molecule has 1 saturated heterocycles. The van der Waals surface area contributed by atoms with Crippen LogP contribution in [-0.2, 0) is 11.8 Å². The average molecular weight is 333 g/mol. The van der Waals surface area contributed by atoms with E-state index >= 15 is 0 Å². The smallest absolute Gasteiger partial charge is 0.244 e. The summed E-state index contributed by atoms with van der Waals surface area (Å²) >= 11 is 1.71. The fourth-order valence-electron chi connectivity index (χ4n) is 3.14. The molecule has 1 amide bonds. The van der Waals surface area contributed by atoms with E-state index in [1.54, 1.807) is 22.2 Å². The van der Waals surface area contributed by atoms with E-state index in [0.717, 1.165) is 42.2 Å². The van der Waals surface area contributed by atoms with Crippen LogP contribution in [0.4, 0.5) is 0 Å². The first-order chi connectivity index (χ1) is 11.1. The Kier molecular flexibility index (Phi) is 4.77. The van der Waals surface area contributed by atoms with Gasteiger partial charge in [0, 0.05) is 48.9 Å². The molecule has 0 aromatic carbocycles. The van der Waals surface area contributed by atoms with Crippen molar-refractivity contribution in [3.63, 3.8) is 0 Å². The van der Waals surface area contributed by atoms with Gasteiger partial charge in [0.05, 0.1) is 11.2 Å². The number of nitrogens with zero attached hydrogens (tertiary/aromatic N) is 4. The first-order valence-corrected chi connectivity index (χ1v) is 8.83. The maximum Gasteiger partial charge on any atom is 0.244 e. The lowest BCUT2D eigenvalue weighted by Crippen LogP contribution is -2.44. The predicted octanol–water partition coefficient (Wildman–Crippen LogP) is 1.85. The highest BCUT2D eigenvalue weighted by Gasteiger charge is 2.31. The molecule has 23 heavy (non-hydrogen) atoms. The quantitative estimate of drug-likeness (QED) is 0.927. The van der Waals surface area contributed by atoms with Crippen molar-refractivity contribution in [3.8, 4) is 0 Å². The molecule has 7 heteroatoms. The van der Waals surface area contributed by atoms with Gasteiger partial charge in [0.25, 0.3) is 0 Å². The van der Waals surface area contributed by atoms with Gasteiger partial charge >= 0.3 is 0 Å². The van der Waals surface area contributed by atoms with E-state index in [0.29, 0.717) is 5.92 Å². The van der Waals surface area contributed by atoms with Crippen molar-refractivity contribution in [2.24, 2.45) is 7.05 Å². The van der Waals surface area contributed by atoms with Gasteiger partial charge in [-0.1, -0.05) is 0 Å². The maximum atomic E-state index is 12.9. The standard InChI is InChI=1S/C16H23N5OS/c1-11-10-23-15(19-11)12-5-4-6-21(9-12)16(22)14(17-2)13-7-18-20(3)8-13/h7-8,10,12,14,17H,4-6,9H2,1-3H3. The van der Waals surface area contributed by atoms with Crippen molar-refractivity contribution in [2.75, 3.05) is 20.1 Å². The number of amides is 1. The number of carbonyl (C=O) groups excluding carboxylic acids is 1. The van der Waals surface area contributed by atoms with Gasteiger partial charge in [-0.25, -0.2) is 4.98 Å². The van der Waals surface area contributed by atoms with Gasteiger partial charge < -0.3 is 10.2 Å². The number of thiazole rings is 1. The first kappa shape index (κ1) is 16.1. The molecule has 2 unspecified atom stereocenters. The summed E-state index contributed by atoms with van der Waals surface area (Å²) in [5.74, 6) is 0.483. The van der Waals surface area contributed by atoms with Crippen molar-refractivity contribution >= 4 is 17.2 Å². The second kappa shape index (κ2) is 6.80. The summed E-state index contributed by atoms with van der Waals surface area (Å²) in [6.45, 7) is 3.59. The van der Waals surface area contributed by atoms with Gasteiger partial charge in [0.15, 0.2) is 0 Å². The third kappa shape index (κ3) is 3.45. The monoisotopic (exact) mass is 333 g/mol. The van der Waals surface area contributed by atoms with Crippen molar-refractivity contribution < 1.29 is 4.79 Å². The van der Waals surface area contributed by atoms with Gasteiger partial charge in [-0.05, 0) is 26.8 Å². The lowest BCUT2D eigenvalue weighted by Gasteiger charge is -2.34. The zero-order chi connectivity index (χ0) is 16.4. The van der Waals surface area contributed by atoms with Crippen LogP contribution in [0.25, 0.3) is 0 Å². The number of hydrogen-bond donors (Lipinski definition) is 1. The van der Waals surface area contributed by atoms with Crippen LogP contribution in [0.5, 0.6) is 0 Å². The number of rotatable bonds is 4. The minimum absolute atomic E-state index is 0.124. The number of likely N-dealkylation sites (N-methyl/N-ethyl adjacent to an activating group) is 1. The number of hydrogen-bond acceptors (Lipinski definition) is 5. The summed E-state index contributed by atoms with van der Waals surface area (Å²) in [6.07, 6.45) is 5.78. The van der Waals surface area contributed by atoms with Crippen LogP contribution in [0.3, 0.4) is 0 Å². The van der Waals surface area contributed by atoms with Gasteiger partial charge in [0.2, 0.25) is 5.91 Å². The van der Waals surface area contributed by atoms with E-state index in [4.69, 9.17) is 0 Å². The van der Waals surface area contributed by atoms with E-state index in [9.17, 15) is 4.79 Å². The van der Waals surface area contributed by atoms with Crippen LogP contribution >= 0.6 is 11.3 Å². The Bertz CT molecular complexity index is 680. The van der Waals surface area contributed by atoms with Crippen molar-refractivity contribution in [2.45, 2.75) is 31.7 Å². The fraction of sp³-hybridized carbons (Fsp3) is 0.562. The van der Waals surface area contributed by atoms with E-state index in [1.165, 1.54) is 0 Å². The van der Waals surface area contributed by atoms with Gasteiger partial charge in [0.1, 0.15) is 6.04 Å². The third-order valence-electron chi connectivity index (χ3n) is 4.31. The number of aromatic nitrogens is 3. The Labute approximate surface area is 140 Å². The molecule has 0 radical (unpaired) electrons. The molecule has 2 aromatic heterocycles. The van der Waals surface area contributed by atoms with Gasteiger partial charge in [-0.3, -0.25) is 9.48 Å². The first-order valence-electron chi connectivity index (χ1n) is 7.95. The molecule has 0 spiro atoms. The molecule has 3 rings (SSSR count). The summed E-state index contributed by atoms with van der Waals surface area (Å²) in [5, 5.41) is 10.5. The molecule has 1 fully saturated rings. The van der Waals surface area contributed by atoms with Crippen molar-refractivity contribution in [1.82, 2.24) is 25.0 Å². The molecule has 0 aliphatic carbocycles. The van der Waals surface area contributed by atoms with E-state index in [-0.39, 0.29) is 11.9 Å². The zero-order valence-electron chi connectivity index (χ0n) is 13.8. The number of likely N-dealkylation sites (tertiary alicyclic amines) is 1. The molecule has 2 atom stereocenters. The number of aryl methyl sites for hydroxylation is 2. The van der Waals surface area contributed by atoms with E-state index in [2.05, 4.69) is 20.8 Å². The predicted molar refractivity (Wildman–Crippen MR) is 90.4 cm³/mol. The molecular weight excluding hydrogens is 310 g/mol. The lowest BCUT2D eigenvalue weighted by atomic mass is 9.97. The number of piperidine rings is 1. The Morgan fingerprint density at radius 2 is 2.35 bits per heavy atom. The highest BCUT2D eigenvalue weighted by Crippen LogP contribution is 2.30. The van der Waals surface area contributed by atoms with Crippen molar-refractivity contribution in [3.05, 3.63) is 34.0 Å². The zero-order valence-corrected chi connectivity index (χ0v) is 14.6. The molecule has 1 N–H and O–H groups in total. The molecule has 3 heterocycles. The molecule has 124 valence electrons.